The molecule has 176 valence electrons. The summed E-state index contributed by atoms with van der Waals surface area (Å²) in [4.78, 5) is 17.1. The Labute approximate surface area is 214 Å². The molecule has 3 aromatic rings. The molecule has 0 spiro atoms. The number of hydrogen-bond donors (Lipinski definition) is 0. The van der Waals surface area contributed by atoms with Crippen LogP contribution in [0.2, 0.25) is 5.02 Å². The number of amides is 1. The minimum atomic E-state index is -0.249. The fourth-order valence-corrected chi connectivity index (χ4v) is 5.75. The predicted molar refractivity (Wildman–Crippen MR) is 140 cm³/mol. The topological polar surface area (TPSA) is 56.6 Å². The zero-order valence-corrected chi connectivity index (χ0v) is 20.9. The van der Waals surface area contributed by atoms with Crippen LogP contribution in [-0.4, -0.2) is 23.4 Å². The molecule has 5 nitrogen and oxygen atoms in total. The van der Waals surface area contributed by atoms with Crippen LogP contribution in [0.5, 0.6) is 5.75 Å². The number of benzene rings is 3. The van der Waals surface area contributed by atoms with Gasteiger partial charge in [-0.3, -0.25) is 9.69 Å². The van der Waals surface area contributed by atoms with Gasteiger partial charge in [-0.1, -0.05) is 65.8 Å². The van der Waals surface area contributed by atoms with Crippen LogP contribution < -0.4 is 9.64 Å². The molecular formula is C28H24ClN3O2S. The van der Waals surface area contributed by atoms with Crippen LogP contribution in [0.4, 0.5) is 5.69 Å². The fourth-order valence-electron chi connectivity index (χ4n) is 4.46. The summed E-state index contributed by atoms with van der Waals surface area (Å²) in [6.45, 7) is 2.97. The number of ether oxygens (including phenoxy) is 1. The van der Waals surface area contributed by atoms with Gasteiger partial charge in [0.05, 0.1) is 29.2 Å². The number of allylic oxidation sites excluding steroid dienone is 1. The maximum atomic E-state index is 13.2. The van der Waals surface area contributed by atoms with Crippen molar-refractivity contribution in [1.29, 1.82) is 5.26 Å². The number of aryl methyl sites for hydroxylation is 1. The van der Waals surface area contributed by atoms with Crippen molar-refractivity contribution in [2.75, 3.05) is 17.4 Å². The summed E-state index contributed by atoms with van der Waals surface area (Å²) in [5, 5.41) is 11.5. The van der Waals surface area contributed by atoms with Gasteiger partial charge in [0.1, 0.15) is 12.4 Å². The van der Waals surface area contributed by atoms with E-state index < -0.39 is 0 Å². The standard InChI is InChI=1S/C28H24ClN3O2S/c1-19-4-2-3-5-26(19)31-17-32-27(33)14-24(25(15-30)28(32)35-18-31)21-8-12-23(13-9-21)34-16-20-6-10-22(29)11-7-20/h2-13,24H,14,16-18H2,1H3/t24-/m1/s1. The number of halogens is 1. The van der Waals surface area contributed by atoms with E-state index in [2.05, 4.69) is 30.0 Å². The molecule has 1 fully saturated rings. The van der Waals surface area contributed by atoms with Gasteiger partial charge >= 0.3 is 0 Å². The van der Waals surface area contributed by atoms with E-state index in [1.165, 1.54) is 5.56 Å². The third-order valence-corrected chi connectivity index (χ3v) is 7.76. The Balaban J connectivity index is 1.33. The second-order valence-corrected chi connectivity index (χ2v) is 10.0. The molecule has 1 amide bonds. The summed E-state index contributed by atoms with van der Waals surface area (Å²) in [7, 11) is 0. The van der Waals surface area contributed by atoms with Gasteiger partial charge in [-0.25, -0.2) is 0 Å². The Morgan fingerprint density at radius 1 is 1.09 bits per heavy atom. The average molecular weight is 502 g/mol. The number of carbonyl (C=O) groups excluding carboxylic acids is 1. The highest BCUT2D eigenvalue weighted by Crippen LogP contribution is 2.43. The zero-order chi connectivity index (χ0) is 24.4. The van der Waals surface area contributed by atoms with Crippen molar-refractivity contribution < 1.29 is 9.53 Å². The van der Waals surface area contributed by atoms with Crippen molar-refractivity contribution in [1.82, 2.24) is 4.90 Å². The Bertz CT molecular complexity index is 1320. The fraction of sp³-hybridized carbons (Fsp3) is 0.214. The van der Waals surface area contributed by atoms with Crippen LogP contribution in [0.1, 0.15) is 29.0 Å². The number of anilines is 1. The van der Waals surface area contributed by atoms with Crippen LogP contribution in [0.25, 0.3) is 0 Å². The highest BCUT2D eigenvalue weighted by atomic mass is 35.5. The molecule has 0 radical (unpaired) electrons. The molecule has 35 heavy (non-hydrogen) atoms. The van der Waals surface area contributed by atoms with Gasteiger partial charge in [-0.15, -0.1) is 0 Å². The Hall–Kier alpha value is -3.40. The van der Waals surface area contributed by atoms with Crippen molar-refractivity contribution >= 4 is 35.0 Å². The van der Waals surface area contributed by atoms with Crippen molar-refractivity contribution in [3.8, 4) is 11.8 Å². The summed E-state index contributed by atoms with van der Waals surface area (Å²) in [5.41, 5.74) is 4.92. The molecule has 5 rings (SSSR count). The van der Waals surface area contributed by atoms with E-state index in [1.54, 1.807) is 16.7 Å². The number of thioether (sulfide) groups is 1. The Morgan fingerprint density at radius 3 is 2.54 bits per heavy atom. The highest BCUT2D eigenvalue weighted by molar-refractivity contribution is 8.03. The van der Waals surface area contributed by atoms with Gasteiger partial charge in [0.2, 0.25) is 5.91 Å². The van der Waals surface area contributed by atoms with Crippen LogP contribution in [0.15, 0.2) is 83.4 Å². The number of para-hydroxylation sites is 1. The molecule has 2 heterocycles. The Morgan fingerprint density at radius 2 is 1.83 bits per heavy atom. The van der Waals surface area contributed by atoms with E-state index in [9.17, 15) is 10.1 Å². The lowest BCUT2D eigenvalue weighted by molar-refractivity contribution is -0.129. The molecule has 0 bridgehead atoms. The van der Waals surface area contributed by atoms with Crippen LogP contribution in [0, 0.1) is 18.3 Å². The number of rotatable bonds is 5. The maximum absolute atomic E-state index is 13.2. The minimum Gasteiger partial charge on any atom is -0.489 e. The molecule has 0 aliphatic carbocycles. The number of fused-ring (bicyclic) bond motifs is 1. The van der Waals surface area contributed by atoms with Crippen molar-refractivity contribution in [2.45, 2.75) is 25.9 Å². The van der Waals surface area contributed by atoms with E-state index >= 15 is 0 Å². The maximum Gasteiger partial charge on any atom is 0.229 e. The van der Waals surface area contributed by atoms with E-state index in [0.29, 0.717) is 29.7 Å². The van der Waals surface area contributed by atoms with Gasteiger partial charge < -0.3 is 9.64 Å². The number of nitrogens with zero attached hydrogens (tertiary/aromatic N) is 3. The van der Waals surface area contributed by atoms with Crippen molar-refractivity contribution in [3.63, 3.8) is 0 Å². The van der Waals surface area contributed by atoms with E-state index in [-0.39, 0.29) is 18.2 Å². The van der Waals surface area contributed by atoms with E-state index in [4.69, 9.17) is 16.3 Å². The normalized spacial score (nSPS) is 17.7. The number of nitriles is 1. The molecule has 0 unspecified atom stereocenters. The SMILES string of the molecule is Cc1ccccc1N1CSC2=C(C#N)[C@@H](c3ccc(OCc4ccc(Cl)cc4)cc3)CC(=O)N2C1. The molecule has 0 saturated carbocycles. The summed E-state index contributed by atoms with van der Waals surface area (Å²) in [5.74, 6) is 1.22. The van der Waals surface area contributed by atoms with Gasteiger partial charge in [0, 0.05) is 23.0 Å². The molecule has 1 saturated heterocycles. The molecule has 2 aliphatic rings. The first-order valence-corrected chi connectivity index (χ1v) is 12.7. The van der Waals surface area contributed by atoms with Crippen LogP contribution in [-0.2, 0) is 11.4 Å². The predicted octanol–water partition coefficient (Wildman–Crippen LogP) is 6.45. The lowest BCUT2D eigenvalue weighted by Crippen LogP contribution is -2.47. The molecule has 0 aromatic heterocycles. The molecule has 0 N–H and O–H groups in total. The van der Waals surface area contributed by atoms with Gasteiger partial charge in [-0.05, 0) is 53.9 Å². The molecule has 3 aromatic carbocycles. The molecule has 7 heteroatoms. The van der Waals surface area contributed by atoms with Crippen LogP contribution >= 0.6 is 23.4 Å². The third-order valence-electron chi connectivity index (χ3n) is 6.35. The first kappa shape index (κ1) is 23.3. The summed E-state index contributed by atoms with van der Waals surface area (Å²) in [6.07, 6.45) is 0.277. The van der Waals surface area contributed by atoms with Crippen molar-refractivity contribution in [3.05, 3.63) is 105 Å². The first-order valence-electron chi connectivity index (χ1n) is 11.4. The lowest BCUT2D eigenvalue weighted by atomic mass is 9.86. The second-order valence-electron chi connectivity index (χ2n) is 8.63. The van der Waals surface area contributed by atoms with E-state index in [0.717, 1.165) is 27.6 Å². The first-order chi connectivity index (χ1) is 17.0. The van der Waals surface area contributed by atoms with Gasteiger partial charge in [0.15, 0.2) is 0 Å². The second kappa shape index (κ2) is 10.1. The largest absolute Gasteiger partial charge is 0.489 e. The quantitative estimate of drug-likeness (QED) is 0.402. The van der Waals surface area contributed by atoms with Crippen LogP contribution in [0.3, 0.4) is 0 Å². The van der Waals surface area contributed by atoms with Gasteiger partial charge in [0.25, 0.3) is 0 Å². The molecule has 2 aliphatic heterocycles. The minimum absolute atomic E-state index is 0.0397. The number of hydrogen-bond acceptors (Lipinski definition) is 5. The Kier molecular flexibility index (Phi) is 6.72. The average Bonchev–Trinajstić information content (AvgIpc) is 2.89. The molecule has 1 atom stereocenters. The highest BCUT2D eigenvalue weighted by Gasteiger charge is 2.38. The van der Waals surface area contributed by atoms with E-state index in [1.807, 2.05) is 60.7 Å². The third kappa shape index (κ3) is 4.88. The number of carbonyl (C=O) groups is 1. The van der Waals surface area contributed by atoms with Crippen molar-refractivity contribution in [2.24, 2.45) is 0 Å². The molecular weight excluding hydrogens is 478 g/mol. The van der Waals surface area contributed by atoms with Gasteiger partial charge in [-0.2, -0.15) is 5.26 Å². The summed E-state index contributed by atoms with van der Waals surface area (Å²) >= 11 is 7.50. The lowest BCUT2D eigenvalue weighted by Gasteiger charge is -2.42. The monoisotopic (exact) mass is 501 g/mol. The smallest absolute Gasteiger partial charge is 0.229 e. The summed E-state index contributed by atoms with van der Waals surface area (Å²) in [6, 6.07) is 25.8. The summed E-state index contributed by atoms with van der Waals surface area (Å²) < 4.78 is 5.89. The zero-order valence-electron chi connectivity index (χ0n) is 19.3.